The zero-order valence-electron chi connectivity index (χ0n) is 10.8. The number of thioether (sulfide) groups is 1. The van der Waals surface area contributed by atoms with E-state index in [1.165, 1.54) is 30.0 Å². The summed E-state index contributed by atoms with van der Waals surface area (Å²) in [5.41, 5.74) is 2.43. The summed E-state index contributed by atoms with van der Waals surface area (Å²) in [7, 11) is 1.29. The molecule has 0 heterocycles. The average Bonchev–Trinajstić information content (AvgIpc) is 2.37. The number of benzene rings is 1. The fourth-order valence-electron chi connectivity index (χ4n) is 1.25. The van der Waals surface area contributed by atoms with E-state index in [1.807, 2.05) is 32.0 Å². The predicted molar refractivity (Wildman–Crippen MR) is 71.7 cm³/mol. The number of aryl methyl sites for hydroxylation is 2. The highest BCUT2D eigenvalue weighted by molar-refractivity contribution is 8.00. The van der Waals surface area contributed by atoms with Gasteiger partial charge in [0.2, 0.25) is 5.91 Å². The minimum absolute atomic E-state index is 0.0805. The van der Waals surface area contributed by atoms with Crippen LogP contribution in [0.25, 0.3) is 0 Å². The fourth-order valence-corrected chi connectivity index (χ4v) is 2.07. The van der Waals surface area contributed by atoms with Gasteiger partial charge in [0, 0.05) is 4.90 Å². The van der Waals surface area contributed by atoms with E-state index in [0.29, 0.717) is 5.75 Å². The van der Waals surface area contributed by atoms with Crippen molar-refractivity contribution in [2.24, 2.45) is 0 Å². The number of esters is 1. The molecule has 0 bridgehead atoms. The number of nitrogens with one attached hydrogen (secondary N) is 1. The first-order valence-electron chi connectivity index (χ1n) is 5.56. The number of amides is 1. The van der Waals surface area contributed by atoms with Crippen LogP contribution >= 0.6 is 11.8 Å². The summed E-state index contributed by atoms with van der Waals surface area (Å²) < 4.78 is 4.43. The molecule has 5 heteroatoms. The fraction of sp³-hybridized carbons (Fsp3) is 0.385. The maximum Gasteiger partial charge on any atom is 0.325 e. The van der Waals surface area contributed by atoms with E-state index in [4.69, 9.17) is 0 Å². The van der Waals surface area contributed by atoms with Gasteiger partial charge in [-0.25, -0.2) is 0 Å². The van der Waals surface area contributed by atoms with Gasteiger partial charge in [-0.05, 0) is 37.1 Å². The standard InChI is InChI=1S/C13H17NO3S/c1-9-4-5-11(6-10(9)2)18-8-12(15)14-7-13(16)17-3/h4-6H,7-8H2,1-3H3,(H,14,15). The third-order valence-corrected chi connectivity index (χ3v) is 3.50. The van der Waals surface area contributed by atoms with Crippen molar-refractivity contribution in [2.45, 2.75) is 18.7 Å². The average molecular weight is 267 g/mol. The maximum absolute atomic E-state index is 11.4. The molecule has 0 radical (unpaired) electrons. The van der Waals surface area contributed by atoms with Gasteiger partial charge in [0.1, 0.15) is 6.54 Å². The van der Waals surface area contributed by atoms with Crippen LogP contribution in [0, 0.1) is 13.8 Å². The first-order chi connectivity index (χ1) is 8.52. The first-order valence-corrected chi connectivity index (χ1v) is 6.55. The van der Waals surface area contributed by atoms with Crippen LogP contribution in [0.15, 0.2) is 23.1 Å². The second-order valence-electron chi connectivity index (χ2n) is 3.89. The summed E-state index contributed by atoms with van der Waals surface area (Å²) in [6.45, 7) is 4.01. The molecule has 0 unspecified atom stereocenters. The van der Waals surface area contributed by atoms with Crippen molar-refractivity contribution in [2.75, 3.05) is 19.4 Å². The van der Waals surface area contributed by atoms with Crippen molar-refractivity contribution < 1.29 is 14.3 Å². The monoisotopic (exact) mass is 267 g/mol. The van der Waals surface area contributed by atoms with E-state index in [-0.39, 0.29) is 12.5 Å². The number of methoxy groups -OCH3 is 1. The lowest BCUT2D eigenvalue weighted by atomic mass is 10.1. The summed E-state index contributed by atoms with van der Waals surface area (Å²) in [5.74, 6) is -0.331. The molecule has 0 spiro atoms. The van der Waals surface area contributed by atoms with Gasteiger partial charge in [-0.3, -0.25) is 9.59 Å². The van der Waals surface area contributed by atoms with Crippen LogP contribution in [0.3, 0.4) is 0 Å². The zero-order valence-corrected chi connectivity index (χ0v) is 11.6. The number of ether oxygens (including phenoxy) is 1. The summed E-state index contributed by atoms with van der Waals surface area (Å²) in [4.78, 5) is 23.3. The number of hydrogen-bond donors (Lipinski definition) is 1. The van der Waals surface area contributed by atoms with Gasteiger partial charge in [0.15, 0.2) is 0 Å². The van der Waals surface area contributed by atoms with Crippen LogP contribution in [0.2, 0.25) is 0 Å². The molecule has 4 nitrogen and oxygen atoms in total. The third kappa shape index (κ3) is 4.79. The highest BCUT2D eigenvalue weighted by Gasteiger charge is 2.06. The third-order valence-electron chi connectivity index (χ3n) is 2.51. The summed E-state index contributed by atoms with van der Waals surface area (Å²) in [5, 5.41) is 2.50. The molecule has 0 aromatic heterocycles. The Balaban J connectivity index is 2.38. The Morgan fingerprint density at radius 3 is 2.61 bits per heavy atom. The molecule has 0 atom stereocenters. The van der Waals surface area contributed by atoms with E-state index in [0.717, 1.165) is 4.90 Å². The molecule has 1 aromatic carbocycles. The molecule has 1 aromatic rings. The SMILES string of the molecule is COC(=O)CNC(=O)CSc1ccc(C)c(C)c1. The molecule has 0 fully saturated rings. The predicted octanol–water partition coefficient (Wildman–Crippen LogP) is 1.68. The molecular formula is C13H17NO3S. The minimum Gasteiger partial charge on any atom is -0.468 e. The van der Waals surface area contributed by atoms with Gasteiger partial charge in [0.25, 0.3) is 0 Å². The lowest BCUT2D eigenvalue weighted by Crippen LogP contribution is -2.31. The Kier molecular flexibility index (Phi) is 5.71. The van der Waals surface area contributed by atoms with Crippen molar-refractivity contribution >= 4 is 23.6 Å². The largest absolute Gasteiger partial charge is 0.468 e. The van der Waals surface area contributed by atoms with Gasteiger partial charge in [0.05, 0.1) is 12.9 Å². The van der Waals surface area contributed by atoms with Crippen molar-refractivity contribution in [1.82, 2.24) is 5.32 Å². The number of hydrogen-bond acceptors (Lipinski definition) is 4. The Hall–Kier alpha value is -1.49. The van der Waals surface area contributed by atoms with E-state index in [2.05, 4.69) is 10.1 Å². The Bertz CT molecular complexity index is 446. The molecule has 18 heavy (non-hydrogen) atoms. The van der Waals surface area contributed by atoms with Crippen LogP contribution in [0.5, 0.6) is 0 Å². The summed E-state index contributed by atoms with van der Waals surface area (Å²) >= 11 is 1.45. The van der Waals surface area contributed by atoms with Crippen molar-refractivity contribution in [1.29, 1.82) is 0 Å². The molecule has 0 aliphatic rings. The van der Waals surface area contributed by atoms with Gasteiger partial charge < -0.3 is 10.1 Å². The van der Waals surface area contributed by atoms with Crippen molar-refractivity contribution in [3.8, 4) is 0 Å². The number of carbonyl (C=O) groups is 2. The molecular weight excluding hydrogens is 250 g/mol. The summed E-state index contributed by atoms with van der Waals surface area (Å²) in [6, 6.07) is 6.07. The minimum atomic E-state index is -0.445. The molecule has 0 aliphatic heterocycles. The normalized spacial score (nSPS) is 9.94. The summed E-state index contributed by atoms with van der Waals surface area (Å²) in [6.07, 6.45) is 0. The van der Waals surface area contributed by atoms with Crippen molar-refractivity contribution in [3.63, 3.8) is 0 Å². The molecule has 1 amide bonds. The Morgan fingerprint density at radius 2 is 2.00 bits per heavy atom. The van der Waals surface area contributed by atoms with Gasteiger partial charge in [-0.15, -0.1) is 11.8 Å². The van der Waals surface area contributed by atoms with Crippen LogP contribution in [-0.4, -0.2) is 31.3 Å². The van der Waals surface area contributed by atoms with E-state index >= 15 is 0 Å². The smallest absolute Gasteiger partial charge is 0.325 e. The number of rotatable bonds is 5. The molecule has 1 N–H and O–H groups in total. The molecule has 0 saturated carbocycles. The highest BCUT2D eigenvalue weighted by atomic mass is 32.2. The van der Waals surface area contributed by atoms with E-state index in [1.54, 1.807) is 0 Å². The van der Waals surface area contributed by atoms with Crippen molar-refractivity contribution in [3.05, 3.63) is 29.3 Å². The van der Waals surface area contributed by atoms with Crippen LogP contribution in [0.4, 0.5) is 0 Å². The second kappa shape index (κ2) is 7.06. The molecule has 98 valence electrons. The quantitative estimate of drug-likeness (QED) is 0.651. The van der Waals surface area contributed by atoms with Crippen LogP contribution in [-0.2, 0) is 14.3 Å². The zero-order chi connectivity index (χ0) is 13.5. The van der Waals surface area contributed by atoms with Gasteiger partial charge >= 0.3 is 5.97 Å². The second-order valence-corrected chi connectivity index (χ2v) is 4.94. The topological polar surface area (TPSA) is 55.4 Å². The van der Waals surface area contributed by atoms with Crippen LogP contribution in [0.1, 0.15) is 11.1 Å². The van der Waals surface area contributed by atoms with Crippen LogP contribution < -0.4 is 5.32 Å². The lowest BCUT2D eigenvalue weighted by Gasteiger charge is -2.06. The Labute approximate surface area is 111 Å². The van der Waals surface area contributed by atoms with E-state index < -0.39 is 5.97 Å². The molecule has 1 rings (SSSR count). The van der Waals surface area contributed by atoms with Gasteiger partial charge in [-0.2, -0.15) is 0 Å². The maximum atomic E-state index is 11.4. The molecule has 0 saturated heterocycles. The lowest BCUT2D eigenvalue weighted by molar-refractivity contribution is -0.140. The van der Waals surface area contributed by atoms with Gasteiger partial charge in [-0.1, -0.05) is 6.07 Å². The molecule has 0 aliphatic carbocycles. The Morgan fingerprint density at radius 1 is 1.28 bits per heavy atom. The van der Waals surface area contributed by atoms with E-state index in [9.17, 15) is 9.59 Å². The first kappa shape index (κ1) is 14.6. The number of carbonyl (C=O) groups excluding carboxylic acids is 2. The highest BCUT2D eigenvalue weighted by Crippen LogP contribution is 2.20.